The lowest BCUT2D eigenvalue weighted by Gasteiger charge is -2.37. The quantitative estimate of drug-likeness (QED) is 0.874. The van der Waals surface area contributed by atoms with Crippen molar-refractivity contribution in [2.24, 2.45) is 0 Å². The van der Waals surface area contributed by atoms with Crippen LogP contribution in [0.4, 0.5) is 10.5 Å². The highest BCUT2D eigenvalue weighted by molar-refractivity contribution is 5.89. The third kappa shape index (κ3) is 3.75. The van der Waals surface area contributed by atoms with Gasteiger partial charge in [-0.25, -0.2) is 9.78 Å². The Bertz CT molecular complexity index is 788. The fourth-order valence-electron chi connectivity index (χ4n) is 2.82. The summed E-state index contributed by atoms with van der Waals surface area (Å²) in [6.07, 6.45) is 4.06. The smallest absolute Gasteiger partial charge is 0.321 e. The van der Waals surface area contributed by atoms with Crippen molar-refractivity contribution in [3.8, 4) is 6.07 Å². The summed E-state index contributed by atoms with van der Waals surface area (Å²) in [5.41, 5.74) is 1.52. The second kappa shape index (κ2) is 6.87. The van der Waals surface area contributed by atoms with Gasteiger partial charge in [0, 0.05) is 19.3 Å². The number of nitrogens with zero attached hydrogens (tertiary/aromatic N) is 4. The number of urea groups is 1. The number of nitrogens with one attached hydrogen (secondary N) is 1. The van der Waals surface area contributed by atoms with Gasteiger partial charge in [0.1, 0.15) is 17.4 Å². The number of anilines is 1. The minimum Gasteiger partial charge on any atom is -0.383 e. The van der Waals surface area contributed by atoms with Gasteiger partial charge in [-0.1, -0.05) is 6.07 Å². The lowest BCUT2D eigenvalue weighted by Crippen LogP contribution is -2.47. The van der Waals surface area contributed by atoms with E-state index >= 15 is 0 Å². The highest BCUT2D eigenvalue weighted by atomic mass is 16.3. The van der Waals surface area contributed by atoms with E-state index in [1.54, 1.807) is 23.2 Å². The molecular weight excluding hydrogens is 318 g/mol. The van der Waals surface area contributed by atoms with Crippen LogP contribution in [0.5, 0.6) is 0 Å². The average Bonchev–Trinajstić information content (AvgIpc) is 2.63. The molecule has 1 aliphatic rings. The topological polar surface area (TPSA) is 102 Å². The molecule has 0 atom stereocenters. The van der Waals surface area contributed by atoms with Gasteiger partial charge in [-0.3, -0.25) is 4.98 Å². The Hall–Kier alpha value is -2.98. The second-order valence-electron chi connectivity index (χ2n) is 6.21. The van der Waals surface area contributed by atoms with Crippen molar-refractivity contribution in [1.29, 1.82) is 5.26 Å². The molecule has 128 valence electrons. The van der Waals surface area contributed by atoms with E-state index in [4.69, 9.17) is 5.26 Å². The number of hydrogen-bond donors (Lipinski definition) is 2. The number of likely N-dealkylation sites (tertiary alicyclic amines) is 1. The number of rotatable bonds is 2. The zero-order chi connectivity index (χ0) is 17.9. The van der Waals surface area contributed by atoms with Gasteiger partial charge in [-0.15, -0.1) is 0 Å². The first kappa shape index (κ1) is 16.9. The van der Waals surface area contributed by atoms with Crippen molar-refractivity contribution in [3.63, 3.8) is 0 Å². The molecule has 0 unspecified atom stereocenters. The first-order chi connectivity index (χ1) is 12.0. The van der Waals surface area contributed by atoms with Crippen molar-refractivity contribution < 1.29 is 9.90 Å². The van der Waals surface area contributed by atoms with Crippen LogP contribution in [-0.4, -0.2) is 39.1 Å². The van der Waals surface area contributed by atoms with Crippen LogP contribution in [0.25, 0.3) is 0 Å². The van der Waals surface area contributed by atoms with Crippen molar-refractivity contribution in [2.45, 2.75) is 25.4 Å². The fraction of sp³-hybridized carbons (Fsp3) is 0.333. The number of carbonyl (C=O) groups excluding carboxylic acids is 1. The number of aliphatic hydroxyl groups is 1. The predicted molar refractivity (Wildman–Crippen MR) is 91.6 cm³/mol. The van der Waals surface area contributed by atoms with Crippen LogP contribution in [0.2, 0.25) is 0 Å². The van der Waals surface area contributed by atoms with Crippen molar-refractivity contribution in [3.05, 3.63) is 53.6 Å². The molecule has 25 heavy (non-hydrogen) atoms. The van der Waals surface area contributed by atoms with Crippen LogP contribution < -0.4 is 5.32 Å². The average molecular weight is 337 g/mol. The molecule has 7 nitrogen and oxygen atoms in total. The Morgan fingerprint density at radius 3 is 2.56 bits per heavy atom. The molecule has 2 N–H and O–H groups in total. The molecule has 0 bridgehead atoms. The number of amides is 2. The Morgan fingerprint density at radius 2 is 2.00 bits per heavy atom. The van der Waals surface area contributed by atoms with Gasteiger partial charge in [0.2, 0.25) is 0 Å². The maximum atomic E-state index is 12.3. The Labute approximate surface area is 145 Å². The molecule has 2 aromatic rings. The number of pyridine rings is 2. The van der Waals surface area contributed by atoms with E-state index in [0.29, 0.717) is 43.0 Å². The molecule has 7 heteroatoms. The maximum absolute atomic E-state index is 12.3. The minimum absolute atomic E-state index is 0.245. The van der Waals surface area contributed by atoms with E-state index in [1.807, 2.05) is 25.1 Å². The van der Waals surface area contributed by atoms with Crippen molar-refractivity contribution in [2.75, 3.05) is 18.4 Å². The number of piperidine rings is 1. The van der Waals surface area contributed by atoms with Gasteiger partial charge in [0.25, 0.3) is 0 Å². The largest absolute Gasteiger partial charge is 0.383 e. The monoisotopic (exact) mass is 337 g/mol. The van der Waals surface area contributed by atoms with Crippen molar-refractivity contribution >= 4 is 11.7 Å². The van der Waals surface area contributed by atoms with Gasteiger partial charge in [0.05, 0.1) is 17.6 Å². The van der Waals surface area contributed by atoms with E-state index in [0.717, 1.165) is 5.56 Å². The molecule has 0 aromatic carbocycles. The first-order valence-electron chi connectivity index (χ1n) is 8.08. The molecule has 2 amide bonds. The summed E-state index contributed by atoms with van der Waals surface area (Å²) in [6.45, 7) is 2.81. The molecule has 1 aliphatic heterocycles. The van der Waals surface area contributed by atoms with Gasteiger partial charge in [-0.05, 0) is 43.5 Å². The summed E-state index contributed by atoms with van der Waals surface area (Å²) in [6, 6.07) is 8.64. The lowest BCUT2D eigenvalue weighted by atomic mass is 9.87. The lowest BCUT2D eigenvalue weighted by molar-refractivity contribution is -0.0193. The SMILES string of the molecule is Cc1ccc(C2(O)CCN(C(=O)Nc3ccc(C#N)nc3)CC2)nc1. The highest BCUT2D eigenvalue weighted by Gasteiger charge is 2.36. The van der Waals surface area contributed by atoms with Crippen LogP contribution in [-0.2, 0) is 5.60 Å². The van der Waals surface area contributed by atoms with E-state index in [9.17, 15) is 9.90 Å². The second-order valence-corrected chi connectivity index (χ2v) is 6.21. The van der Waals surface area contributed by atoms with E-state index in [-0.39, 0.29) is 6.03 Å². The summed E-state index contributed by atoms with van der Waals surface area (Å²) < 4.78 is 0. The molecule has 1 saturated heterocycles. The van der Waals surface area contributed by atoms with Crippen LogP contribution in [0.3, 0.4) is 0 Å². The number of aryl methyl sites for hydroxylation is 1. The molecule has 0 spiro atoms. The zero-order valence-electron chi connectivity index (χ0n) is 13.9. The van der Waals surface area contributed by atoms with E-state index in [2.05, 4.69) is 15.3 Å². The summed E-state index contributed by atoms with van der Waals surface area (Å²) in [7, 11) is 0. The highest BCUT2D eigenvalue weighted by Crippen LogP contribution is 2.31. The molecule has 0 aliphatic carbocycles. The summed E-state index contributed by atoms with van der Waals surface area (Å²) >= 11 is 0. The van der Waals surface area contributed by atoms with Crippen LogP contribution in [0.15, 0.2) is 36.7 Å². The summed E-state index contributed by atoms with van der Waals surface area (Å²) in [5, 5.41) is 22.3. The molecule has 0 saturated carbocycles. The molecule has 3 heterocycles. The molecule has 3 rings (SSSR count). The Morgan fingerprint density at radius 1 is 1.24 bits per heavy atom. The first-order valence-corrected chi connectivity index (χ1v) is 8.08. The fourth-order valence-corrected chi connectivity index (χ4v) is 2.82. The van der Waals surface area contributed by atoms with Gasteiger partial charge >= 0.3 is 6.03 Å². The van der Waals surface area contributed by atoms with Crippen molar-refractivity contribution in [1.82, 2.24) is 14.9 Å². The van der Waals surface area contributed by atoms with Gasteiger partial charge in [0.15, 0.2) is 0 Å². The Balaban J connectivity index is 1.60. The zero-order valence-corrected chi connectivity index (χ0v) is 13.9. The normalized spacial score (nSPS) is 16.1. The standard InChI is InChI=1S/C18H19N5O2/c1-13-2-5-16(21-11-13)18(25)6-8-23(9-7-18)17(24)22-15-4-3-14(10-19)20-12-15/h2-5,11-12,25H,6-9H2,1H3,(H,22,24). The molecular formula is C18H19N5O2. The number of aromatic nitrogens is 2. The minimum atomic E-state index is -1.000. The molecule has 0 radical (unpaired) electrons. The summed E-state index contributed by atoms with van der Waals surface area (Å²) in [4.78, 5) is 22.2. The predicted octanol–water partition coefficient (Wildman–Crippen LogP) is 2.17. The van der Waals surface area contributed by atoms with Crippen LogP contribution >= 0.6 is 0 Å². The third-order valence-corrected chi connectivity index (χ3v) is 4.40. The van der Waals surface area contributed by atoms with Crippen LogP contribution in [0.1, 0.15) is 29.8 Å². The number of carbonyl (C=O) groups is 1. The Kier molecular flexibility index (Phi) is 4.63. The van der Waals surface area contributed by atoms with E-state index < -0.39 is 5.60 Å². The van der Waals surface area contributed by atoms with E-state index in [1.165, 1.54) is 6.20 Å². The maximum Gasteiger partial charge on any atom is 0.321 e. The third-order valence-electron chi connectivity index (χ3n) is 4.40. The van der Waals surface area contributed by atoms with Crippen LogP contribution in [0, 0.1) is 18.3 Å². The summed E-state index contributed by atoms with van der Waals surface area (Å²) in [5.74, 6) is 0. The van der Waals surface area contributed by atoms with Gasteiger partial charge in [-0.2, -0.15) is 5.26 Å². The molecule has 1 fully saturated rings. The number of nitriles is 1. The number of hydrogen-bond acceptors (Lipinski definition) is 5. The van der Waals surface area contributed by atoms with Gasteiger partial charge < -0.3 is 15.3 Å². The molecule has 2 aromatic heterocycles.